The van der Waals surface area contributed by atoms with E-state index in [2.05, 4.69) is 10.3 Å². The van der Waals surface area contributed by atoms with Crippen LogP contribution < -0.4 is 26.1 Å². The third kappa shape index (κ3) is 3.75. The van der Waals surface area contributed by atoms with Crippen LogP contribution in [0.1, 0.15) is 29.5 Å². The maximum atomic E-state index is 13.5. The number of nitriles is 1. The zero-order valence-electron chi connectivity index (χ0n) is 19.3. The first-order valence-electron chi connectivity index (χ1n) is 10.9. The quantitative estimate of drug-likeness (QED) is 0.531. The predicted octanol–water partition coefficient (Wildman–Crippen LogP) is 3.59. The van der Waals surface area contributed by atoms with Gasteiger partial charge in [0.2, 0.25) is 12.7 Å². The maximum Gasteiger partial charge on any atom is 0.256 e. The van der Waals surface area contributed by atoms with Gasteiger partial charge in [0.1, 0.15) is 17.4 Å². The lowest BCUT2D eigenvalue weighted by Gasteiger charge is -2.27. The number of nitrogens with one attached hydrogen (secondary N) is 2. The Morgan fingerprint density at radius 1 is 1.14 bits per heavy atom. The second-order valence-electron chi connectivity index (χ2n) is 8.51. The van der Waals surface area contributed by atoms with Gasteiger partial charge in [-0.3, -0.25) is 9.59 Å². The summed E-state index contributed by atoms with van der Waals surface area (Å²) in [6, 6.07) is 12.7. The number of fused-ring (bicyclic) bond motifs is 2. The summed E-state index contributed by atoms with van der Waals surface area (Å²) >= 11 is 0. The van der Waals surface area contributed by atoms with Crippen molar-refractivity contribution in [3.05, 3.63) is 86.2 Å². The monoisotopic (exact) mass is 470 g/mol. The Morgan fingerprint density at radius 2 is 1.89 bits per heavy atom. The SMILES string of the molecule is CC1=C(C(=O)Nc2ccc(C)cc2C)C(c2cc3cc4c(cc3[nH]c2=O)OCO4)C(C#N)=C(N)O1. The summed E-state index contributed by atoms with van der Waals surface area (Å²) in [6.45, 7) is 5.51. The van der Waals surface area contributed by atoms with Crippen molar-refractivity contribution in [3.8, 4) is 17.6 Å². The number of allylic oxidation sites excluding steroid dienone is 2. The first-order valence-corrected chi connectivity index (χ1v) is 10.9. The van der Waals surface area contributed by atoms with Crippen molar-refractivity contribution in [2.24, 2.45) is 5.73 Å². The average molecular weight is 470 g/mol. The molecule has 176 valence electrons. The van der Waals surface area contributed by atoms with Crippen LogP contribution in [0.4, 0.5) is 5.69 Å². The Kier molecular flexibility index (Phi) is 5.21. The van der Waals surface area contributed by atoms with Gasteiger partial charge in [0, 0.05) is 22.7 Å². The van der Waals surface area contributed by atoms with E-state index in [1.54, 1.807) is 31.2 Å². The molecule has 35 heavy (non-hydrogen) atoms. The Morgan fingerprint density at radius 3 is 2.60 bits per heavy atom. The molecule has 0 fully saturated rings. The van der Waals surface area contributed by atoms with Gasteiger partial charge in [-0.05, 0) is 44.5 Å². The van der Waals surface area contributed by atoms with E-state index in [-0.39, 0.29) is 35.1 Å². The number of ether oxygens (including phenoxy) is 3. The summed E-state index contributed by atoms with van der Waals surface area (Å²) in [4.78, 5) is 29.6. The lowest BCUT2D eigenvalue weighted by Crippen LogP contribution is -2.31. The summed E-state index contributed by atoms with van der Waals surface area (Å²) in [5, 5.41) is 13.4. The van der Waals surface area contributed by atoms with Crippen LogP contribution in [0.25, 0.3) is 10.9 Å². The van der Waals surface area contributed by atoms with Crippen LogP contribution in [-0.4, -0.2) is 17.7 Å². The summed E-state index contributed by atoms with van der Waals surface area (Å²) in [6.07, 6.45) is 0. The number of H-pyrrole nitrogens is 1. The molecule has 2 aromatic carbocycles. The largest absolute Gasteiger partial charge is 0.454 e. The van der Waals surface area contributed by atoms with Gasteiger partial charge >= 0.3 is 0 Å². The summed E-state index contributed by atoms with van der Waals surface area (Å²) < 4.78 is 16.4. The minimum Gasteiger partial charge on any atom is -0.454 e. The molecule has 1 atom stereocenters. The third-order valence-corrected chi connectivity index (χ3v) is 6.16. The van der Waals surface area contributed by atoms with E-state index in [1.807, 2.05) is 32.0 Å². The maximum absolute atomic E-state index is 13.5. The minimum atomic E-state index is -1.03. The number of carbonyl (C=O) groups is 1. The van der Waals surface area contributed by atoms with Crippen LogP contribution in [0.15, 0.2) is 64.0 Å². The topological polar surface area (TPSA) is 139 Å². The third-order valence-electron chi connectivity index (χ3n) is 6.16. The number of aryl methyl sites for hydroxylation is 2. The minimum absolute atomic E-state index is 0.0213. The number of rotatable bonds is 3. The van der Waals surface area contributed by atoms with Crippen LogP contribution in [0.3, 0.4) is 0 Å². The van der Waals surface area contributed by atoms with E-state index in [9.17, 15) is 14.9 Å². The molecular weight excluding hydrogens is 448 g/mol. The van der Waals surface area contributed by atoms with E-state index < -0.39 is 17.4 Å². The number of carbonyl (C=O) groups excluding carboxylic acids is 1. The van der Waals surface area contributed by atoms with Crippen molar-refractivity contribution < 1.29 is 19.0 Å². The van der Waals surface area contributed by atoms with Crippen LogP contribution >= 0.6 is 0 Å². The lowest BCUT2D eigenvalue weighted by molar-refractivity contribution is -0.113. The summed E-state index contributed by atoms with van der Waals surface area (Å²) in [5.74, 6) is -0.402. The molecule has 3 aromatic rings. The predicted molar refractivity (Wildman–Crippen MR) is 129 cm³/mol. The highest BCUT2D eigenvalue weighted by molar-refractivity contribution is 6.06. The Hall–Kier alpha value is -4.71. The number of nitrogens with zero attached hydrogens (tertiary/aromatic N) is 1. The highest BCUT2D eigenvalue weighted by atomic mass is 16.7. The van der Waals surface area contributed by atoms with Gasteiger partial charge in [-0.15, -0.1) is 0 Å². The Bertz CT molecular complexity index is 1580. The van der Waals surface area contributed by atoms with Crippen LogP contribution in [0.5, 0.6) is 11.5 Å². The lowest BCUT2D eigenvalue weighted by atomic mass is 9.82. The molecule has 4 N–H and O–H groups in total. The van der Waals surface area contributed by atoms with Gasteiger partial charge in [0.25, 0.3) is 11.5 Å². The number of aromatic amines is 1. The number of aromatic nitrogens is 1. The van der Waals surface area contributed by atoms with Crippen LogP contribution in [0, 0.1) is 25.2 Å². The fourth-order valence-corrected chi connectivity index (χ4v) is 4.46. The van der Waals surface area contributed by atoms with Crippen molar-refractivity contribution in [2.75, 3.05) is 12.1 Å². The van der Waals surface area contributed by atoms with Crippen molar-refractivity contribution in [2.45, 2.75) is 26.7 Å². The molecular formula is C26H22N4O5. The molecule has 0 bridgehead atoms. The second kappa shape index (κ2) is 8.25. The number of amides is 1. The molecule has 2 aliphatic rings. The van der Waals surface area contributed by atoms with Gasteiger partial charge in [-0.1, -0.05) is 17.7 Å². The van der Waals surface area contributed by atoms with E-state index >= 15 is 0 Å². The smallest absolute Gasteiger partial charge is 0.256 e. The first kappa shape index (κ1) is 22.1. The first-order chi connectivity index (χ1) is 16.8. The zero-order chi connectivity index (χ0) is 24.9. The molecule has 5 rings (SSSR count). The van der Waals surface area contributed by atoms with Crippen molar-refractivity contribution >= 4 is 22.5 Å². The van der Waals surface area contributed by atoms with Gasteiger partial charge in [-0.25, -0.2) is 0 Å². The Labute approximate surface area is 200 Å². The number of benzene rings is 2. The number of hydrogen-bond donors (Lipinski definition) is 3. The number of pyridine rings is 1. The van der Waals surface area contributed by atoms with Gasteiger partial charge < -0.3 is 30.2 Å². The molecule has 2 aliphatic heterocycles. The second-order valence-corrected chi connectivity index (χ2v) is 8.51. The molecule has 0 aliphatic carbocycles. The van der Waals surface area contributed by atoms with Gasteiger partial charge in [0.05, 0.1) is 17.0 Å². The zero-order valence-corrected chi connectivity index (χ0v) is 19.3. The fraction of sp³-hybridized carbons (Fsp3) is 0.192. The standard InChI is InChI=1S/C26H22N4O5/c1-12-4-5-18(13(2)6-12)29-26(32)22-14(3)35-24(28)17(10-27)23(22)16-7-15-8-20-21(34-11-33-20)9-19(15)30-25(16)31/h4-9,23H,11,28H2,1-3H3,(H,29,32)(H,30,31). The average Bonchev–Trinajstić information content (AvgIpc) is 3.25. The van der Waals surface area contributed by atoms with E-state index in [0.29, 0.717) is 28.1 Å². The van der Waals surface area contributed by atoms with E-state index in [4.69, 9.17) is 19.9 Å². The molecule has 3 heterocycles. The summed E-state index contributed by atoms with van der Waals surface area (Å²) in [5.41, 5.74) is 8.92. The van der Waals surface area contributed by atoms with E-state index in [0.717, 1.165) is 11.1 Å². The molecule has 9 nitrogen and oxygen atoms in total. The molecule has 1 amide bonds. The van der Waals surface area contributed by atoms with Crippen LogP contribution in [-0.2, 0) is 9.53 Å². The number of nitrogens with two attached hydrogens (primary N) is 1. The molecule has 9 heteroatoms. The van der Waals surface area contributed by atoms with Gasteiger partial charge in [0.15, 0.2) is 11.5 Å². The van der Waals surface area contributed by atoms with E-state index in [1.165, 1.54) is 0 Å². The number of hydrogen-bond acceptors (Lipinski definition) is 7. The molecule has 1 aromatic heterocycles. The fourth-order valence-electron chi connectivity index (χ4n) is 4.46. The molecule has 0 spiro atoms. The molecule has 0 saturated carbocycles. The van der Waals surface area contributed by atoms with Crippen molar-refractivity contribution in [1.29, 1.82) is 5.26 Å². The normalized spacial score (nSPS) is 16.8. The summed E-state index contributed by atoms with van der Waals surface area (Å²) in [7, 11) is 0. The van der Waals surface area contributed by atoms with Crippen molar-refractivity contribution in [3.63, 3.8) is 0 Å². The van der Waals surface area contributed by atoms with Crippen molar-refractivity contribution in [1.82, 2.24) is 4.98 Å². The molecule has 0 radical (unpaired) electrons. The molecule has 1 unspecified atom stereocenters. The highest BCUT2D eigenvalue weighted by Gasteiger charge is 2.37. The number of anilines is 1. The van der Waals surface area contributed by atoms with Gasteiger partial charge in [-0.2, -0.15) is 5.26 Å². The molecule has 0 saturated heterocycles. The van der Waals surface area contributed by atoms with Crippen LogP contribution in [0.2, 0.25) is 0 Å². The Balaban J connectivity index is 1.64. The highest BCUT2D eigenvalue weighted by Crippen LogP contribution is 2.40.